The third-order valence-corrected chi connectivity index (χ3v) is 3.69. The molecule has 5 heteroatoms. The number of likely N-dealkylation sites (N-methyl/N-ethyl adjacent to an activating group) is 1. The number of imidazole rings is 1. The lowest BCUT2D eigenvalue weighted by Gasteiger charge is -2.19. The molecule has 0 radical (unpaired) electrons. The number of aromatic nitrogens is 4. The molecule has 0 saturated heterocycles. The normalized spacial score (nSPS) is 12.8. The van der Waals surface area contributed by atoms with Crippen molar-refractivity contribution in [1.29, 1.82) is 0 Å². The number of nitrogens with one attached hydrogen (secondary N) is 1. The van der Waals surface area contributed by atoms with Crippen LogP contribution >= 0.6 is 0 Å². The topological polar surface area (TPSA) is 47.7 Å². The Hall–Kier alpha value is -1.62. The summed E-state index contributed by atoms with van der Waals surface area (Å²) >= 11 is 0. The molecule has 1 atom stereocenters. The fourth-order valence-electron chi connectivity index (χ4n) is 2.78. The summed E-state index contributed by atoms with van der Waals surface area (Å²) in [6.45, 7) is 11.4. The Balaban J connectivity index is 2.24. The maximum absolute atomic E-state index is 4.57. The van der Waals surface area contributed by atoms with Crippen LogP contribution in [0.2, 0.25) is 0 Å². The van der Waals surface area contributed by atoms with Gasteiger partial charge < -0.3 is 9.88 Å². The molecule has 0 fully saturated rings. The molecule has 0 bridgehead atoms. The minimum atomic E-state index is 0.258. The maximum Gasteiger partial charge on any atom is 0.110 e. The average Bonchev–Trinajstić information content (AvgIpc) is 3.05. The van der Waals surface area contributed by atoms with E-state index in [2.05, 4.69) is 64.6 Å². The van der Waals surface area contributed by atoms with Gasteiger partial charge in [0.2, 0.25) is 0 Å². The third-order valence-electron chi connectivity index (χ3n) is 3.69. The summed E-state index contributed by atoms with van der Waals surface area (Å²) in [7, 11) is 0. The minimum Gasteiger partial charge on any atom is -0.335 e. The monoisotopic (exact) mass is 289 g/mol. The van der Waals surface area contributed by atoms with Crippen LogP contribution in [0.25, 0.3) is 0 Å². The number of aryl methyl sites for hydroxylation is 3. The summed E-state index contributed by atoms with van der Waals surface area (Å²) < 4.78 is 4.35. The predicted octanol–water partition coefficient (Wildman–Crippen LogP) is 2.71. The highest BCUT2D eigenvalue weighted by atomic mass is 15.3. The molecule has 0 aliphatic carbocycles. The van der Waals surface area contributed by atoms with Crippen molar-refractivity contribution in [1.82, 2.24) is 24.6 Å². The van der Waals surface area contributed by atoms with Gasteiger partial charge in [0.05, 0.1) is 17.4 Å². The van der Waals surface area contributed by atoms with E-state index in [1.807, 2.05) is 6.20 Å². The summed E-state index contributed by atoms with van der Waals surface area (Å²) in [4.78, 5) is 4.54. The van der Waals surface area contributed by atoms with Crippen LogP contribution < -0.4 is 5.32 Å². The van der Waals surface area contributed by atoms with E-state index in [1.165, 1.54) is 5.69 Å². The summed E-state index contributed by atoms with van der Waals surface area (Å²) in [6.07, 6.45) is 5.99. The highest BCUT2D eigenvalue weighted by Crippen LogP contribution is 2.19. The lowest BCUT2D eigenvalue weighted by atomic mass is 10.1. The summed E-state index contributed by atoms with van der Waals surface area (Å²) in [5.74, 6) is 1.14. The van der Waals surface area contributed by atoms with E-state index in [9.17, 15) is 0 Å². The molecule has 1 N–H and O–H groups in total. The minimum absolute atomic E-state index is 0.258. The van der Waals surface area contributed by atoms with Crippen LogP contribution in [0.3, 0.4) is 0 Å². The first kappa shape index (κ1) is 15.8. The lowest BCUT2D eigenvalue weighted by Crippen LogP contribution is -2.26. The van der Waals surface area contributed by atoms with E-state index >= 15 is 0 Å². The molecule has 1 unspecified atom stereocenters. The number of rotatable bonds is 8. The van der Waals surface area contributed by atoms with Crippen LogP contribution in [0.1, 0.15) is 50.4 Å². The second kappa shape index (κ2) is 7.41. The molecule has 2 aromatic heterocycles. The molecule has 2 rings (SSSR count). The molecule has 0 aliphatic rings. The van der Waals surface area contributed by atoms with E-state index in [0.717, 1.165) is 44.0 Å². The van der Waals surface area contributed by atoms with Crippen molar-refractivity contribution in [3.05, 3.63) is 35.7 Å². The molecule has 0 aliphatic heterocycles. The fraction of sp³-hybridized carbons (Fsp3) is 0.625. The van der Waals surface area contributed by atoms with E-state index in [0.29, 0.717) is 0 Å². The third kappa shape index (κ3) is 3.73. The molecule has 2 aromatic rings. The van der Waals surface area contributed by atoms with E-state index in [1.54, 1.807) is 0 Å². The summed E-state index contributed by atoms with van der Waals surface area (Å²) in [5, 5.41) is 8.15. The van der Waals surface area contributed by atoms with E-state index < -0.39 is 0 Å². The zero-order valence-electron chi connectivity index (χ0n) is 13.6. The van der Waals surface area contributed by atoms with Gasteiger partial charge in [-0.05, 0) is 32.9 Å². The van der Waals surface area contributed by atoms with Gasteiger partial charge in [0.1, 0.15) is 5.82 Å². The standard InChI is InChI=1S/C16H27N5/c1-5-9-20-10-8-18-16(20)12-14(17-6-2)15-11-13(4)19-21(15)7-3/h8,10-11,14,17H,5-7,9,12H2,1-4H3. The Bertz CT molecular complexity index is 555. The first-order chi connectivity index (χ1) is 10.2. The Labute approximate surface area is 127 Å². The second-order valence-corrected chi connectivity index (χ2v) is 5.38. The van der Waals surface area contributed by atoms with Gasteiger partial charge in [-0.15, -0.1) is 0 Å². The molecule has 0 saturated carbocycles. The summed E-state index contributed by atoms with van der Waals surface area (Å²) in [6, 6.07) is 2.44. The SMILES string of the molecule is CCCn1ccnc1CC(NCC)c1cc(C)nn1CC. The molecular weight excluding hydrogens is 262 g/mol. The van der Waals surface area contributed by atoms with Crippen LogP contribution in [-0.4, -0.2) is 25.9 Å². The summed E-state index contributed by atoms with van der Waals surface area (Å²) in [5.41, 5.74) is 2.33. The van der Waals surface area contributed by atoms with Crippen molar-refractivity contribution in [2.24, 2.45) is 0 Å². The first-order valence-corrected chi connectivity index (χ1v) is 7.97. The molecule has 116 valence electrons. The molecule has 21 heavy (non-hydrogen) atoms. The number of hydrogen-bond donors (Lipinski definition) is 1. The molecule has 0 aromatic carbocycles. The number of nitrogens with zero attached hydrogens (tertiary/aromatic N) is 4. The Morgan fingerprint density at radius 3 is 2.76 bits per heavy atom. The van der Waals surface area contributed by atoms with Gasteiger partial charge in [0.25, 0.3) is 0 Å². The molecule has 5 nitrogen and oxygen atoms in total. The number of hydrogen-bond acceptors (Lipinski definition) is 3. The van der Waals surface area contributed by atoms with Gasteiger partial charge in [-0.25, -0.2) is 4.98 Å². The van der Waals surface area contributed by atoms with E-state index in [4.69, 9.17) is 0 Å². The highest BCUT2D eigenvalue weighted by Gasteiger charge is 2.18. The van der Waals surface area contributed by atoms with Gasteiger partial charge in [0, 0.05) is 31.9 Å². The highest BCUT2D eigenvalue weighted by molar-refractivity contribution is 5.15. The first-order valence-electron chi connectivity index (χ1n) is 7.97. The second-order valence-electron chi connectivity index (χ2n) is 5.38. The van der Waals surface area contributed by atoms with Crippen molar-refractivity contribution in [2.45, 2.75) is 59.7 Å². The molecule has 0 amide bonds. The van der Waals surface area contributed by atoms with Crippen molar-refractivity contribution in [3.8, 4) is 0 Å². The van der Waals surface area contributed by atoms with E-state index in [-0.39, 0.29) is 6.04 Å². The van der Waals surface area contributed by atoms with Crippen molar-refractivity contribution < 1.29 is 0 Å². The van der Waals surface area contributed by atoms with Crippen LogP contribution in [-0.2, 0) is 19.5 Å². The fourth-order valence-corrected chi connectivity index (χ4v) is 2.78. The van der Waals surface area contributed by atoms with Crippen molar-refractivity contribution in [2.75, 3.05) is 6.54 Å². The van der Waals surface area contributed by atoms with Crippen LogP contribution in [0, 0.1) is 6.92 Å². The lowest BCUT2D eigenvalue weighted by molar-refractivity contribution is 0.471. The van der Waals surface area contributed by atoms with Gasteiger partial charge in [-0.2, -0.15) is 5.10 Å². The van der Waals surface area contributed by atoms with Gasteiger partial charge in [0.15, 0.2) is 0 Å². The molecule has 2 heterocycles. The maximum atomic E-state index is 4.57. The Morgan fingerprint density at radius 2 is 2.10 bits per heavy atom. The van der Waals surface area contributed by atoms with Crippen LogP contribution in [0.4, 0.5) is 0 Å². The molecular formula is C16H27N5. The largest absolute Gasteiger partial charge is 0.335 e. The molecule has 0 spiro atoms. The predicted molar refractivity (Wildman–Crippen MR) is 85.3 cm³/mol. The Morgan fingerprint density at radius 1 is 1.29 bits per heavy atom. The quantitative estimate of drug-likeness (QED) is 0.813. The van der Waals surface area contributed by atoms with Crippen LogP contribution in [0.5, 0.6) is 0 Å². The zero-order valence-corrected chi connectivity index (χ0v) is 13.6. The smallest absolute Gasteiger partial charge is 0.110 e. The van der Waals surface area contributed by atoms with Gasteiger partial charge in [-0.3, -0.25) is 4.68 Å². The Kier molecular flexibility index (Phi) is 5.56. The average molecular weight is 289 g/mol. The van der Waals surface area contributed by atoms with Crippen LogP contribution in [0.15, 0.2) is 18.5 Å². The van der Waals surface area contributed by atoms with Gasteiger partial charge >= 0.3 is 0 Å². The van der Waals surface area contributed by atoms with Crippen molar-refractivity contribution >= 4 is 0 Å². The zero-order chi connectivity index (χ0) is 15.2. The van der Waals surface area contributed by atoms with Crippen molar-refractivity contribution in [3.63, 3.8) is 0 Å². The van der Waals surface area contributed by atoms with Gasteiger partial charge in [-0.1, -0.05) is 13.8 Å².